The van der Waals surface area contributed by atoms with E-state index in [4.69, 9.17) is 0 Å². The molecule has 2 N–H and O–H groups in total. The van der Waals surface area contributed by atoms with Crippen LogP contribution >= 0.6 is 0 Å². The van der Waals surface area contributed by atoms with Gasteiger partial charge in [-0.3, -0.25) is 4.98 Å². The van der Waals surface area contributed by atoms with Gasteiger partial charge >= 0.3 is 0 Å². The highest BCUT2D eigenvalue weighted by Crippen LogP contribution is 2.34. The Morgan fingerprint density at radius 2 is 2.15 bits per heavy atom. The lowest BCUT2D eigenvalue weighted by Crippen LogP contribution is -2.22. The molecule has 2 unspecified atom stereocenters. The summed E-state index contributed by atoms with van der Waals surface area (Å²) < 4.78 is 0. The van der Waals surface area contributed by atoms with Gasteiger partial charge in [-0.25, -0.2) is 4.98 Å². The Morgan fingerprint density at radius 1 is 1.35 bits per heavy atom. The van der Waals surface area contributed by atoms with Crippen LogP contribution in [0, 0.1) is 6.92 Å². The van der Waals surface area contributed by atoms with Crippen LogP contribution in [0.1, 0.15) is 35.5 Å². The van der Waals surface area contributed by atoms with E-state index in [1.165, 1.54) is 5.56 Å². The number of aliphatic hydroxyl groups excluding tert-OH is 1. The predicted molar refractivity (Wildman–Crippen MR) is 78.7 cm³/mol. The zero-order chi connectivity index (χ0) is 14.1. The number of aromatic nitrogens is 2. The van der Waals surface area contributed by atoms with Crippen LogP contribution in [-0.2, 0) is 12.8 Å². The summed E-state index contributed by atoms with van der Waals surface area (Å²) in [6.45, 7) is 3.99. The van der Waals surface area contributed by atoms with Crippen molar-refractivity contribution in [3.05, 3.63) is 53.0 Å². The third-order valence-corrected chi connectivity index (χ3v) is 3.86. The van der Waals surface area contributed by atoms with E-state index in [2.05, 4.69) is 34.3 Å². The highest BCUT2D eigenvalue weighted by molar-refractivity contribution is 5.47. The lowest BCUT2D eigenvalue weighted by Gasteiger charge is -2.19. The average molecular weight is 269 g/mol. The van der Waals surface area contributed by atoms with Crippen LogP contribution in [0.3, 0.4) is 0 Å². The molecule has 4 nitrogen and oxygen atoms in total. The van der Waals surface area contributed by atoms with Gasteiger partial charge in [-0.05, 0) is 24.5 Å². The zero-order valence-corrected chi connectivity index (χ0v) is 11.8. The van der Waals surface area contributed by atoms with Gasteiger partial charge < -0.3 is 10.4 Å². The fourth-order valence-electron chi connectivity index (χ4n) is 2.69. The van der Waals surface area contributed by atoms with Gasteiger partial charge in [0.15, 0.2) is 0 Å². The maximum Gasteiger partial charge on any atom is 0.148 e. The van der Waals surface area contributed by atoms with E-state index in [9.17, 15) is 5.11 Å². The van der Waals surface area contributed by atoms with E-state index >= 15 is 0 Å². The van der Waals surface area contributed by atoms with Gasteiger partial charge in [-0.15, -0.1) is 0 Å². The van der Waals surface area contributed by atoms with Gasteiger partial charge in [-0.1, -0.05) is 31.2 Å². The van der Waals surface area contributed by atoms with E-state index in [1.54, 1.807) is 6.20 Å². The highest BCUT2D eigenvalue weighted by atomic mass is 16.3. The molecule has 1 aromatic carbocycles. The van der Waals surface area contributed by atoms with Gasteiger partial charge in [-0.2, -0.15) is 0 Å². The van der Waals surface area contributed by atoms with Gasteiger partial charge in [0.1, 0.15) is 5.82 Å². The lowest BCUT2D eigenvalue weighted by molar-refractivity contribution is 0.165. The van der Waals surface area contributed by atoms with Crippen molar-refractivity contribution in [1.82, 2.24) is 9.97 Å². The van der Waals surface area contributed by atoms with Crippen molar-refractivity contribution < 1.29 is 5.11 Å². The Hall–Kier alpha value is -1.94. The largest absolute Gasteiger partial charge is 0.390 e. The van der Waals surface area contributed by atoms with Crippen LogP contribution in [0.2, 0.25) is 0 Å². The van der Waals surface area contributed by atoms with Crippen molar-refractivity contribution in [2.45, 2.75) is 38.8 Å². The summed E-state index contributed by atoms with van der Waals surface area (Å²) >= 11 is 0. The Bertz CT molecular complexity index is 627. The van der Waals surface area contributed by atoms with Gasteiger partial charge in [0.2, 0.25) is 0 Å². The molecule has 0 bridgehead atoms. The first kappa shape index (κ1) is 13.1. The van der Waals surface area contributed by atoms with Crippen LogP contribution in [0.15, 0.2) is 30.5 Å². The number of rotatable bonds is 3. The molecule has 0 amide bonds. The molecule has 1 heterocycles. The van der Waals surface area contributed by atoms with Gasteiger partial charge in [0, 0.05) is 12.6 Å². The van der Waals surface area contributed by atoms with E-state index in [-0.39, 0.29) is 6.04 Å². The van der Waals surface area contributed by atoms with Crippen LogP contribution in [0.5, 0.6) is 0 Å². The van der Waals surface area contributed by atoms with Crippen LogP contribution in [0.4, 0.5) is 5.82 Å². The molecular weight excluding hydrogens is 250 g/mol. The van der Waals surface area contributed by atoms with Crippen molar-refractivity contribution in [1.29, 1.82) is 0 Å². The molecule has 0 saturated carbocycles. The Morgan fingerprint density at radius 3 is 2.95 bits per heavy atom. The third kappa shape index (κ3) is 2.27. The monoisotopic (exact) mass is 269 g/mol. The average Bonchev–Trinajstić information content (AvgIpc) is 2.77. The molecule has 20 heavy (non-hydrogen) atoms. The Balaban J connectivity index is 1.92. The summed E-state index contributed by atoms with van der Waals surface area (Å²) in [5.41, 5.74) is 4.18. The van der Waals surface area contributed by atoms with E-state index in [0.717, 1.165) is 29.2 Å². The van der Waals surface area contributed by atoms with Crippen molar-refractivity contribution in [3.63, 3.8) is 0 Å². The number of fused-ring (bicyclic) bond motifs is 1. The number of hydrogen-bond acceptors (Lipinski definition) is 4. The second-order valence-corrected chi connectivity index (χ2v) is 5.24. The van der Waals surface area contributed by atoms with Gasteiger partial charge in [0.05, 0.1) is 23.5 Å². The molecule has 4 heteroatoms. The molecule has 0 spiro atoms. The van der Waals surface area contributed by atoms with Crippen molar-refractivity contribution >= 4 is 5.82 Å². The van der Waals surface area contributed by atoms with Crippen molar-refractivity contribution in [2.24, 2.45) is 0 Å². The molecule has 1 aliphatic carbocycles. The maximum absolute atomic E-state index is 10.3. The zero-order valence-electron chi connectivity index (χ0n) is 11.8. The van der Waals surface area contributed by atoms with Crippen molar-refractivity contribution in [2.75, 3.05) is 5.32 Å². The molecule has 3 rings (SSSR count). The fraction of sp³-hybridized carbons (Fsp3) is 0.375. The second-order valence-electron chi connectivity index (χ2n) is 5.24. The molecular formula is C16H19N3O. The summed E-state index contributed by atoms with van der Waals surface area (Å²) in [5, 5.41) is 13.6. The summed E-state index contributed by atoms with van der Waals surface area (Å²) in [4.78, 5) is 8.94. The molecule has 104 valence electrons. The summed E-state index contributed by atoms with van der Waals surface area (Å²) in [6.07, 6.45) is 2.93. The van der Waals surface area contributed by atoms with Gasteiger partial charge in [0.25, 0.3) is 0 Å². The number of nitrogens with one attached hydrogen (secondary N) is 1. The molecule has 0 radical (unpaired) electrons. The smallest absolute Gasteiger partial charge is 0.148 e. The number of anilines is 1. The minimum atomic E-state index is -0.418. The van der Waals surface area contributed by atoms with Crippen molar-refractivity contribution in [3.8, 4) is 0 Å². The third-order valence-electron chi connectivity index (χ3n) is 3.86. The minimum Gasteiger partial charge on any atom is -0.390 e. The number of aryl methyl sites for hydroxylation is 2. The summed E-state index contributed by atoms with van der Waals surface area (Å²) in [7, 11) is 0. The SMILES string of the molecule is CCc1cnc(C)c(NC2c3ccccc3CC2O)n1. The first-order valence-electron chi connectivity index (χ1n) is 7.04. The number of hydrogen-bond donors (Lipinski definition) is 2. The molecule has 2 aromatic rings. The second kappa shape index (κ2) is 5.21. The summed E-state index contributed by atoms with van der Waals surface area (Å²) in [5.74, 6) is 0.769. The first-order chi connectivity index (χ1) is 9.69. The van der Waals surface area contributed by atoms with E-state index in [0.29, 0.717) is 6.42 Å². The predicted octanol–water partition coefficient (Wildman–Crippen LogP) is 2.42. The molecule has 0 fully saturated rings. The van der Waals surface area contributed by atoms with Crippen LogP contribution < -0.4 is 5.32 Å². The molecule has 1 aliphatic rings. The normalized spacial score (nSPS) is 20.8. The van der Waals surface area contributed by atoms with Crippen LogP contribution in [0.25, 0.3) is 0 Å². The number of aliphatic hydroxyl groups is 1. The molecule has 1 aromatic heterocycles. The summed E-state index contributed by atoms with van der Waals surface area (Å²) in [6, 6.07) is 8.05. The quantitative estimate of drug-likeness (QED) is 0.898. The molecule has 0 aliphatic heterocycles. The highest BCUT2D eigenvalue weighted by Gasteiger charge is 2.31. The number of nitrogens with zero attached hydrogens (tertiary/aromatic N) is 2. The Labute approximate surface area is 118 Å². The minimum absolute atomic E-state index is 0.105. The number of benzene rings is 1. The standard InChI is InChI=1S/C16H19N3O/c1-3-12-9-17-10(2)16(18-12)19-15-13-7-5-4-6-11(13)8-14(15)20/h4-7,9,14-15,20H,3,8H2,1-2H3,(H,18,19). The van der Waals surface area contributed by atoms with Crippen LogP contribution in [-0.4, -0.2) is 21.2 Å². The Kier molecular flexibility index (Phi) is 3.40. The van der Waals surface area contributed by atoms with E-state index in [1.807, 2.05) is 19.1 Å². The maximum atomic E-state index is 10.3. The lowest BCUT2D eigenvalue weighted by atomic mass is 10.1. The molecule has 2 atom stereocenters. The topological polar surface area (TPSA) is 58.0 Å². The van der Waals surface area contributed by atoms with E-state index < -0.39 is 6.10 Å². The molecule has 0 saturated heterocycles. The fourth-order valence-corrected chi connectivity index (χ4v) is 2.69. The first-order valence-corrected chi connectivity index (χ1v) is 7.04.